The number of aromatic hydroxyl groups is 1. The molecule has 0 fully saturated rings. The molecule has 0 saturated heterocycles. The number of hydrogen-bond acceptors (Lipinski definition) is 2. The second-order valence-electron chi connectivity index (χ2n) is 4.58. The fourth-order valence-corrected chi connectivity index (χ4v) is 2.26. The Morgan fingerprint density at radius 2 is 2.07 bits per heavy atom. The molecule has 0 saturated carbocycles. The first kappa shape index (κ1) is 9.53. The number of aliphatic hydroxyl groups excluding tert-OH is 1. The zero-order chi connectivity index (χ0) is 10.3. The van der Waals surface area contributed by atoms with Gasteiger partial charge >= 0.3 is 0 Å². The third kappa shape index (κ3) is 1.22. The van der Waals surface area contributed by atoms with Crippen molar-refractivity contribution < 1.29 is 10.2 Å². The molecule has 2 heteroatoms. The molecule has 14 heavy (non-hydrogen) atoms. The molecule has 2 rings (SSSR count). The second-order valence-corrected chi connectivity index (χ2v) is 4.58. The van der Waals surface area contributed by atoms with Crippen LogP contribution in [0.25, 0.3) is 0 Å². The van der Waals surface area contributed by atoms with Gasteiger partial charge in [0.25, 0.3) is 0 Å². The third-order valence-corrected chi connectivity index (χ3v) is 3.35. The van der Waals surface area contributed by atoms with Gasteiger partial charge in [-0.05, 0) is 30.0 Å². The smallest absolute Gasteiger partial charge is 0.119 e. The molecule has 1 atom stereocenters. The number of phenolic OH excluding ortho intramolecular Hbond substituents is 1. The Hall–Kier alpha value is -1.02. The van der Waals surface area contributed by atoms with Crippen LogP contribution in [0.15, 0.2) is 18.2 Å². The topological polar surface area (TPSA) is 40.5 Å². The van der Waals surface area contributed by atoms with Crippen LogP contribution in [0, 0.1) is 0 Å². The lowest BCUT2D eigenvalue weighted by atomic mass is 9.70. The van der Waals surface area contributed by atoms with Crippen molar-refractivity contribution in [1.29, 1.82) is 0 Å². The summed E-state index contributed by atoms with van der Waals surface area (Å²) in [4.78, 5) is 0. The summed E-state index contributed by atoms with van der Waals surface area (Å²) in [6.45, 7) is 4.05. The van der Waals surface area contributed by atoms with Crippen LogP contribution >= 0.6 is 0 Å². The molecule has 2 N–H and O–H groups in total. The average molecular weight is 192 g/mol. The van der Waals surface area contributed by atoms with Crippen LogP contribution in [0.5, 0.6) is 5.75 Å². The fourth-order valence-electron chi connectivity index (χ4n) is 2.26. The van der Waals surface area contributed by atoms with Crippen molar-refractivity contribution >= 4 is 0 Å². The number of benzene rings is 1. The van der Waals surface area contributed by atoms with E-state index in [1.54, 1.807) is 6.07 Å². The zero-order valence-corrected chi connectivity index (χ0v) is 8.62. The van der Waals surface area contributed by atoms with E-state index in [4.69, 9.17) is 0 Å². The minimum Gasteiger partial charge on any atom is -0.508 e. The maximum absolute atomic E-state index is 9.89. The fraction of sp³-hybridized carbons (Fsp3) is 0.500. The summed E-state index contributed by atoms with van der Waals surface area (Å²) >= 11 is 0. The molecule has 0 amide bonds. The minimum atomic E-state index is -0.309. The van der Waals surface area contributed by atoms with E-state index < -0.39 is 0 Å². The maximum Gasteiger partial charge on any atom is 0.119 e. The largest absolute Gasteiger partial charge is 0.508 e. The molecule has 2 nitrogen and oxygen atoms in total. The predicted octanol–water partition coefficient (Wildman–Crippen LogP) is 1.98. The van der Waals surface area contributed by atoms with Gasteiger partial charge in [-0.25, -0.2) is 0 Å². The lowest BCUT2D eigenvalue weighted by Crippen LogP contribution is -2.38. The van der Waals surface area contributed by atoms with E-state index in [0.717, 1.165) is 24.0 Å². The molecule has 0 bridgehead atoms. The van der Waals surface area contributed by atoms with Crippen LogP contribution in [0.1, 0.15) is 31.4 Å². The Morgan fingerprint density at radius 3 is 2.79 bits per heavy atom. The molecule has 0 aliphatic heterocycles. The van der Waals surface area contributed by atoms with E-state index in [9.17, 15) is 10.2 Å². The van der Waals surface area contributed by atoms with Crippen molar-refractivity contribution in [2.45, 2.75) is 38.2 Å². The maximum atomic E-state index is 9.89. The summed E-state index contributed by atoms with van der Waals surface area (Å²) in [5.74, 6) is 0.363. The van der Waals surface area contributed by atoms with Gasteiger partial charge in [0.15, 0.2) is 0 Å². The SMILES string of the molecule is CC1(C)c2cccc(O)c2CCC1O. The van der Waals surface area contributed by atoms with Gasteiger partial charge in [-0.2, -0.15) is 0 Å². The summed E-state index contributed by atoms with van der Waals surface area (Å²) in [6, 6.07) is 5.55. The van der Waals surface area contributed by atoms with Crippen molar-refractivity contribution in [1.82, 2.24) is 0 Å². The van der Waals surface area contributed by atoms with Crippen LogP contribution in [-0.2, 0) is 11.8 Å². The number of phenols is 1. The van der Waals surface area contributed by atoms with Crippen molar-refractivity contribution in [2.24, 2.45) is 0 Å². The van der Waals surface area contributed by atoms with Gasteiger partial charge in [-0.15, -0.1) is 0 Å². The first-order valence-electron chi connectivity index (χ1n) is 5.03. The molecule has 1 aliphatic carbocycles. The Labute approximate surface area is 84.2 Å². The minimum absolute atomic E-state index is 0.244. The van der Waals surface area contributed by atoms with Crippen LogP contribution in [-0.4, -0.2) is 16.3 Å². The van der Waals surface area contributed by atoms with E-state index in [2.05, 4.69) is 0 Å². The highest BCUT2D eigenvalue weighted by molar-refractivity contribution is 5.45. The van der Waals surface area contributed by atoms with Gasteiger partial charge in [0.1, 0.15) is 5.75 Å². The van der Waals surface area contributed by atoms with Gasteiger partial charge in [0, 0.05) is 5.41 Å². The molecule has 0 radical (unpaired) electrons. The highest BCUT2D eigenvalue weighted by Crippen LogP contribution is 2.40. The molecule has 1 aromatic carbocycles. The Kier molecular flexibility index (Phi) is 2.04. The molecule has 0 aromatic heterocycles. The van der Waals surface area contributed by atoms with Gasteiger partial charge in [0.2, 0.25) is 0 Å². The summed E-state index contributed by atoms with van der Waals surface area (Å²) in [6.07, 6.45) is 1.20. The molecule has 1 aromatic rings. The third-order valence-electron chi connectivity index (χ3n) is 3.35. The van der Waals surface area contributed by atoms with Crippen molar-refractivity contribution in [3.05, 3.63) is 29.3 Å². The predicted molar refractivity (Wildman–Crippen MR) is 55.5 cm³/mol. The lowest BCUT2D eigenvalue weighted by molar-refractivity contribution is 0.0825. The number of rotatable bonds is 0. The quantitative estimate of drug-likeness (QED) is 0.660. The zero-order valence-electron chi connectivity index (χ0n) is 8.62. The van der Waals surface area contributed by atoms with Crippen molar-refractivity contribution in [3.63, 3.8) is 0 Å². The average Bonchev–Trinajstić information content (AvgIpc) is 2.13. The van der Waals surface area contributed by atoms with E-state index >= 15 is 0 Å². The number of aliphatic hydroxyl groups is 1. The lowest BCUT2D eigenvalue weighted by Gasteiger charge is -2.37. The highest BCUT2D eigenvalue weighted by Gasteiger charge is 2.36. The van der Waals surface area contributed by atoms with Gasteiger partial charge in [-0.1, -0.05) is 26.0 Å². The molecular weight excluding hydrogens is 176 g/mol. The summed E-state index contributed by atoms with van der Waals surface area (Å²) in [5, 5.41) is 19.6. The second kappa shape index (κ2) is 2.99. The number of fused-ring (bicyclic) bond motifs is 1. The molecular formula is C12H16O2. The van der Waals surface area contributed by atoms with Crippen LogP contribution in [0.2, 0.25) is 0 Å². The van der Waals surface area contributed by atoms with Gasteiger partial charge < -0.3 is 10.2 Å². The Balaban J connectivity index is 2.59. The van der Waals surface area contributed by atoms with E-state index in [0.29, 0.717) is 5.75 Å². The Bertz CT molecular complexity index is 355. The van der Waals surface area contributed by atoms with Crippen molar-refractivity contribution in [2.75, 3.05) is 0 Å². The van der Waals surface area contributed by atoms with E-state index in [1.165, 1.54) is 0 Å². The van der Waals surface area contributed by atoms with Gasteiger partial charge in [0.05, 0.1) is 6.10 Å². The van der Waals surface area contributed by atoms with E-state index in [-0.39, 0.29) is 11.5 Å². The summed E-state index contributed by atoms with van der Waals surface area (Å²) in [5.41, 5.74) is 1.84. The molecule has 1 aliphatic rings. The monoisotopic (exact) mass is 192 g/mol. The van der Waals surface area contributed by atoms with Crippen LogP contribution in [0.4, 0.5) is 0 Å². The first-order valence-corrected chi connectivity index (χ1v) is 5.03. The standard InChI is InChI=1S/C12H16O2/c1-12(2)9-4-3-5-10(13)8(9)6-7-11(12)14/h3-5,11,13-14H,6-7H2,1-2H3. The molecule has 0 spiro atoms. The van der Waals surface area contributed by atoms with E-state index in [1.807, 2.05) is 26.0 Å². The molecule has 1 unspecified atom stereocenters. The van der Waals surface area contributed by atoms with Crippen LogP contribution in [0.3, 0.4) is 0 Å². The Morgan fingerprint density at radius 1 is 1.36 bits per heavy atom. The van der Waals surface area contributed by atoms with Crippen LogP contribution < -0.4 is 0 Å². The first-order chi connectivity index (χ1) is 6.53. The summed E-state index contributed by atoms with van der Waals surface area (Å²) < 4.78 is 0. The molecule has 76 valence electrons. The molecule has 0 heterocycles. The summed E-state index contributed by atoms with van der Waals surface area (Å²) in [7, 11) is 0. The normalized spacial score (nSPS) is 24.4. The highest BCUT2D eigenvalue weighted by atomic mass is 16.3. The van der Waals surface area contributed by atoms with Crippen molar-refractivity contribution in [3.8, 4) is 5.75 Å². The number of hydrogen-bond donors (Lipinski definition) is 2. The van der Waals surface area contributed by atoms with Gasteiger partial charge in [-0.3, -0.25) is 0 Å².